The average molecular weight is 334 g/mol. The van der Waals surface area contributed by atoms with Gasteiger partial charge in [-0.25, -0.2) is 9.18 Å². The molecular weight excluding hydrogens is 311 g/mol. The second kappa shape index (κ2) is 7.10. The highest BCUT2D eigenvalue weighted by Gasteiger charge is 2.50. The van der Waals surface area contributed by atoms with Crippen LogP contribution in [0, 0.1) is 15.5 Å². The number of methoxy groups -OCH3 is 1. The second-order valence-corrected chi connectivity index (χ2v) is 6.75. The van der Waals surface area contributed by atoms with Gasteiger partial charge in [0.05, 0.1) is 25.5 Å². The predicted molar refractivity (Wildman–Crippen MR) is 78.2 cm³/mol. The first-order valence-electron chi connectivity index (χ1n) is 7.30. The first kappa shape index (κ1) is 19.1. The Labute approximate surface area is 134 Å². The summed E-state index contributed by atoms with van der Waals surface area (Å²) >= 11 is 0. The molecule has 1 heterocycles. The molecule has 0 bridgehead atoms. The summed E-state index contributed by atoms with van der Waals surface area (Å²) in [6, 6.07) is 0. The van der Waals surface area contributed by atoms with Gasteiger partial charge in [0.1, 0.15) is 11.8 Å². The average Bonchev–Trinajstić information content (AvgIpc) is 2.39. The molecule has 2 atom stereocenters. The molecule has 1 aliphatic heterocycles. The molecule has 0 N–H and O–H groups in total. The normalized spacial score (nSPS) is 24.9. The number of carbonyl (C=O) groups is 2. The van der Waals surface area contributed by atoms with E-state index >= 15 is 0 Å². The summed E-state index contributed by atoms with van der Waals surface area (Å²) in [5.74, 6) is -0.708. The van der Waals surface area contributed by atoms with Crippen LogP contribution in [0.2, 0.25) is 0 Å². The van der Waals surface area contributed by atoms with Crippen LogP contribution in [0.3, 0.4) is 0 Å². The third-order valence-corrected chi connectivity index (χ3v) is 3.74. The Morgan fingerprint density at radius 1 is 1.43 bits per heavy atom. The monoisotopic (exact) mass is 334 g/mol. The van der Waals surface area contributed by atoms with Gasteiger partial charge in [-0.1, -0.05) is 0 Å². The number of hydrogen-bond acceptors (Lipinski definition) is 6. The van der Waals surface area contributed by atoms with E-state index in [1.807, 2.05) is 0 Å². The number of hydrogen-bond donors (Lipinski definition) is 0. The number of nitrogens with zero attached hydrogens (tertiary/aromatic N) is 2. The van der Waals surface area contributed by atoms with E-state index in [9.17, 15) is 24.1 Å². The number of carbonyl (C=O) groups excluding carboxylic acids is 2. The molecule has 0 saturated carbocycles. The third kappa shape index (κ3) is 5.33. The topological polar surface area (TPSA) is 99.0 Å². The number of esters is 1. The molecule has 0 aromatic rings. The minimum absolute atomic E-state index is 0.0104. The molecule has 1 aliphatic rings. The zero-order chi connectivity index (χ0) is 17.8. The summed E-state index contributed by atoms with van der Waals surface area (Å²) in [4.78, 5) is 34.9. The largest absolute Gasteiger partial charge is 0.469 e. The summed E-state index contributed by atoms with van der Waals surface area (Å²) < 4.78 is 24.3. The molecule has 23 heavy (non-hydrogen) atoms. The van der Waals surface area contributed by atoms with Crippen LogP contribution in [-0.2, 0) is 14.3 Å². The number of halogens is 1. The van der Waals surface area contributed by atoms with Gasteiger partial charge in [0.15, 0.2) is 0 Å². The summed E-state index contributed by atoms with van der Waals surface area (Å²) in [7, 11) is 1.14. The summed E-state index contributed by atoms with van der Waals surface area (Å²) in [6.07, 6.45) is -2.79. The van der Waals surface area contributed by atoms with E-state index in [4.69, 9.17) is 4.74 Å². The van der Waals surface area contributed by atoms with Crippen LogP contribution < -0.4 is 0 Å². The maximum atomic E-state index is 14.6. The van der Waals surface area contributed by atoms with Gasteiger partial charge in [-0.05, 0) is 27.2 Å². The standard InChI is InChI=1S/C14H23FN2O6/c1-13(2,3)23-12(19)16-6-5-14(9-17(20)21,10(15)8-16)7-11(18)22-4/h10H,5-9H2,1-4H3. The summed E-state index contributed by atoms with van der Waals surface area (Å²) in [5.41, 5.74) is -2.18. The number of amides is 1. The van der Waals surface area contributed by atoms with Crippen LogP contribution in [0.5, 0.6) is 0 Å². The zero-order valence-electron chi connectivity index (χ0n) is 13.8. The maximum absolute atomic E-state index is 14.6. The van der Waals surface area contributed by atoms with E-state index in [0.29, 0.717) is 0 Å². The smallest absolute Gasteiger partial charge is 0.410 e. The molecule has 0 aliphatic carbocycles. The van der Waals surface area contributed by atoms with E-state index in [-0.39, 0.29) is 19.5 Å². The SMILES string of the molecule is COC(=O)CC1(C[N+](=O)[O-])CCN(C(=O)OC(C)(C)C)CC1F. The van der Waals surface area contributed by atoms with Crippen molar-refractivity contribution >= 4 is 12.1 Å². The van der Waals surface area contributed by atoms with Crippen molar-refractivity contribution in [3.8, 4) is 0 Å². The molecule has 1 rings (SSSR count). The van der Waals surface area contributed by atoms with Crippen molar-refractivity contribution in [1.29, 1.82) is 0 Å². The van der Waals surface area contributed by atoms with Crippen molar-refractivity contribution in [3.63, 3.8) is 0 Å². The summed E-state index contributed by atoms with van der Waals surface area (Å²) in [5, 5.41) is 10.9. The quantitative estimate of drug-likeness (QED) is 0.441. The van der Waals surface area contributed by atoms with Crippen molar-refractivity contribution in [2.24, 2.45) is 5.41 Å². The van der Waals surface area contributed by atoms with Crippen LogP contribution in [0.4, 0.5) is 9.18 Å². The van der Waals surface area contributed by atoms with Crippen molar-refractivity contribution in [2.45, 2.75) is 45.4 Å². The first-order chi connectivity index (χ1) is 10.5. The number of alkyl halides is 1. The highest BCUT2D eigenvalue weighted by atomic mass is 19.1. The molecule has 0 aromatic carbocycles. The van der Waals surface area contributed by atoms with E-state index in [0.717, 1.165) is 7.11 Å². The molecule has 0 radical (unpaired) electrons. The van der Waals surface area contributed by atoms with Gasteiger partial charge in [-0.2, -0.15) is 0 Å². The van der Waals surface area contributed by atoms with Gasteiger partial charge >= 0.3 is 12.1 Å². The Morgan fingerprint density at radius 2 is 2.04 bits per heavy atom. The number of piperidine rings is 1. The van der Waals surface area contributed by atoms with Gasteiger partial charge in [0.2, 0.25) is 6.54 Å². The lowest BCUT2D eigenvalue weighted by atomic mass is 9.74. The van der Waals surface area contributed by atoms with Crippen LogP contribution in [-0.4, -0.2) is 60.4 Å². The Bertz CT molecular complexity index is 478. The van der Waals surface area contributed by atoms with Crippen molar-refractivity contribution in [1.82, 2.24) is 4.90 Å². The van der Waals surface area contributed by atoms with E-state index in [1.54, 1.807) is 20.8 Å². The molecule has 0 spiro atoms. The fourth-order valence-corrected chi connectivity index (χ4v) is 2.53. The van der Waals surface area contributed by atoms with Gasteiger partial charge in [0.25, 0.3) is 0 Å². The highest BCUT2D eigenvalue weighted by Crippen LogP contribution is 2.38. The van der Waals surface area contributed by atoms with E-state index in [2.05, 4.69) is 4.74 Å². The molecule has 9 heteroatoms. The second-order valence-electron chi connectivity index (χ2n) is 6.75. The zero-order valence-corrected chi connectivity index (χ0v) is 13.8. The predicted octanol–water partition coefficient (Wildman–Crippen LogP) is 1.79. The third-order valence-electron chi connectivity index (χ3n) is 3.74. The Morgan fingerprint density at radius 3 is 2.48 bits per heavy atom. The Balaban J connectivity index is 2.85. The molecular formula is C14H23FN2O6. The molecule has 132 valence electrons. The number of rotatable bonds is 4. The van der Waals surface area contributed by atoms with E-state index in [1.165, 1.54) is 4.90 Å². The minimum atomic E-state index is -1.71. The van der Waals surface area contributed by atoms with Gasteiger partial charge < -0.3 is 14.4 Å². The lowest BCUT2D eigenvalue weighted by molar-refractivity contribution is -0.501. The van der Waals surface area contributed by atoms with Crippen molar-refractivity contribution < 1.29 is 28.4 Å². The lowest BCUT2D eigenvalue weighted by Crippen LogP contribution is -2.55. The molecule has 2 unspecified atom stereocenters. The van der Waals surface area contributed by atoms with Crippen molar-refractivity contribution in [3.05, 3.63) is 10.1 Å². The van der Waals surface area contributed by atoms with Crippen LogP contribution in [0.1, 0.15) is 33.6 Å². The van der Waals surface area contributed by atoms with Gasteiger partial charge in [-0.15, -0.1) is 0 Å². The molecule has 1 amide bonds. The maximum Gasteiger partial charge on any atom is 0.410 e. The molecule has 1 saturated heterocycles. The van der Waals surface area contributed by atoms with E-state index < -0.39 is 47.1 Å². The number of nitro groups is 1. The lowest BCUT2D eigenvalue weighted by Gasteiger charge is -2.41. The van der Waals surface area contributed by atoms with Crippen LogP contribution in [0.25, 0.3) is 0 Å². The number of likely N-dealkylation sites (tertiary alicyclic amines) is 1. The fraction of sp³-hybridized carbons (Fsp3) is 0.857. The van der Waals surface area contributed by atoms with Crippen molar-refractivity contribution in [2.75, 3.05) is 26.7 Å². The van der Waals surface area contributed by atoms with Gasteiger partial charge in [-0.3, -0.25) is 14.9 Å². The highest BCUT2D eigenvalue weighted by molar-refractivity contribution is 5.71. The molecule has 0 aromatic heterocycles. The fourth-order valence-electron chi connectivity index (χ4n) is 2.53. The molecule has 8 nitrogen and oxygen atoms in total. The Kier molecular flexibility index (Phi) is 5.90. The summed E-state index contributed by atoms with van der Waals surface area (Å²) in [6.45, 7) is 4.12. The Hall–Kier alpha value is -1.93. The van der Waals surface area contributed by atoms with Crippen LogP contribution >= 0.6 is 0 Å². The molecule has 1 fully saturated rings. The van der Waals surface area contributed by atoms with Crippen LogP contribution in [0.15, 0.2) is 0 Å². The minimum Gasteiger partial charge on any atom is -0.469 e. The van der Waals surface area contributed by atoms with Gasteiger partial charge in [0, 0.05) is 11.5 Å². The number of ether oxygens (including phenoxy) is 2. The first-order valence-corrected chi connectivity index (χ1v) is 7.30.